The summed E-state index contributed by atoms with van der Waals surface area (Å²) in [6.45, 7) is 17.6. The molecule has 0 spiro atoms. The lowest BCUT2D eigenvalue weighted by molar-refractivity contribution is -0.306. The van der Waals surface area contributed by atoms with Gasteiger partial charge in [0.15, 0.2) is 6.29 Å². The fourth-order valence-corrected chi connectivity index (χ4v) is 12.6. The first-order valence-corrected chi connectivity index (χ1v) is 18.3. The zero-order chi connectivity index (χ0) is 34.5. The minimum atomic E-state index is -1.35. The number of carboxylic acid groups (broad SMARTS) is 1. The second kappa shape index (κ2) is 11.5. The molecule has 47 heavy (non-hydrogen) atoms. The molecule has 1 heterocycles. The number of nitrogens with one attached hydrogen (secondary N) is 1. The van der Waals surface area contributed by atoms with Gasteiger partial charge >= 0.3 is 5.97 Å². The van der Waals surface area contributed by atoms with Crippen LogP contribution in [-0.2, 0) is 19.1 Å². The van der Waals surface area contributed by atoms with Crippen LogP contribution in [0, 0.1) is 50.2 Å². The molecule has 1 amide bonds. The van der Waals surface area contributed by atoms with E-state index in [2.05, 4.69) is 59.9 Å². The van der Waals surface area contributed by atoms with Crippen LogP contribution < -0.4 is 5.32 Å². The Morgan fingerprint density at radius 3 is 2.26 bits per heavy atom. The SMILES string of the molecule is CC(=O)N[C@H]1[C@H](O[C@H]2CC[C@]3(C)[C@H]4CC=C5[C@@H]6CC(C)(C)CC[C@]6(C(=O)O)CC[C@@]5(C)[C@]4(C)CC[C@H]3C2(C)C)O[C@H](CO)[C@H](O)[C@@H]1O. The van der Waals surface area contributed by atoms with Gasteiger partial charge in [-0.3, -0.25) is 9.59 Å². The molecule has 0 radical (unpaired) electrons. The van der Waals surface area contributed by atoms with Gasteiger partial charge in [-0.25, -0.2) is 0 Å². The Kier molecular flexibility index (Phi) is 8.65. The van der Waals surface area contributed by atoms with Gasteiger partial charge in [-0.15, -0.1) is 0 Å². The predicted octanol–water partition coefficient (Wildman–Crippen LogP) is 5.20. The molecule has 6 rings (SSSR count). The first kappa shape index (κ1) is 35.3. The Bertz CT molecular complexity index is 1300. The van der Waals surface area contributed by atoms with Crippen LogP contribution in [0.25, 0.3) is 0 Å². The maximum absolute atomic E-state index is 13.0. The third-order valence-corrected chi connectivity index (χ3v) is 15.6. The number of hydrogen-bond donors (Lipinski definition) is 5. The van der Waals surface area contributed by atoms with Crippen LogP contribution in [0.5, 0.6) is 0 Å². The van der Waals surface area contributed by atoms with E-state index >= 15 is 0 Å². The van der Waals surface area contributed by atoms with Crippen LogP contribution in [0.2, 0.25) is 0 Å². The lowest BCUT2D eigenvalue weighted by atomic mass is 9.33. The van der Waals surface area contributed by atoms with Crippen LogP contribution in [0.1, 0.15) is 120 Å². The number of aliphatic hydroxyl groups excluding tert-OH is 3. The van der Waals surface area contributed by atoms with E-state index in [1.165, 1.54) is 12.5 Å². The minimum absolute atomic E-state index is 0.0440. The van der Waals surface area contributed by atoms with E-state index in [9.17, 15) is 30.0 Å². The summed E-state index contributed by atoms with van der Waals surface area (Å²) in [7, 11) is 0. The molecule has 5 aliphatic carbocycles. The van der Waals surface area contributed by atoms with Crippen LogP contribution in [0.15, 0.2) is 11.6 Å². The van der Waals surface area contributed by atoms with E-state index in [0.29, 0.717) is 11.8 Å². The highest BCUT2D eigenvalue weighted by molar-refractivity contribution is 5.76. The van der Waals surface area contributed by atoms with Gasteiger partial charge in [-0.05, 0) is 109 Å². The second-order valence-electron chi connectivity index (χ2n) is 18.6. The molecular weight excluding hydrogens is 598 g/mol. The Morgan fingerprint density at radius 1 is 0.936 bits per heavy atom. The number of carbonyl (C=O) groups is 2. The van der Waals surface area contributed by atoms with Crippen molar-refractivity contribution < 1.29 is 39.5 Å². The lowest BCUT2D eigenvalue weighted by Crippen LogP contribution is -2.67. The number of fused-ring (bicyclic) bond motifs is 7. The summed E-state index contributed by atoms with van der Waals surface area (Å²) >= 11 is 0. The van der Waals surface area contributed by atoms with E-state index in [1.54, 1.807) is 0 Å². The number of aliphatic carboxylic acids is 1. The molecule has 13 atom stereocenters. The Labute approximate surface area is 281 Å². The average Bonchev–Trinajstić information content (AvgIpc) is 2.97. The van der Waals surface area contributed by atoms with Gasteiger partial charge in [0.1, 0.15) is 24.4 Å². The standard InChI is InChI=1S/C38H61NO8/c1-21(41)39-28-30(43)29(42)24(20-40)46-31(28)47-27-12-13-35(6)25(34(27,4)5)11-14-37(8)26(35)10-9-22-23-19-33(2,3)15-17-38(23,32(44)45)18-16-36(22,37)7/h9,23-31,40,42-43H,10-20H2,1-8H3,(H,39,41)(H,44,45)/t23-,24+,25-,26+,27-,28+,29-,30+,31-,35-,36+,37+,38-/m0/s1. The maximum Gasteiger partial charge on any atom is 0.310 e. The van der Waals surface area contributed by atoms with Gasteiger partial charge in [0.2, 0.25) is 5.91 Å². The molecule has 0 aromatic heterocycles. The fraction of sp³-hybridized carbons (Fsp3) is 0.895. The van der Waals surface area contributed by atoms with Crippen molar-refractivity contribution in [3.05, 3.63) is 11.6 Å². The number of ether oxygens (including phenoxy) is 2. The first-order valence-electron chi connectivity index (χ1n) is 18.3. The summed E-state index contributed by atoms with van der Waals surface area (Å²) in [5.74, 6) is -0.0617. The average molecular weight is 660 g/mol. The number of hydrogen-bond acceptors (Lipinski definition) is 7. The second-order valence-corrected chi connectivity index (χ2v) is 18.6. The zero-order valence-electron chi connectivity index (χ0n) is 30.0. The van der Waals surface area contributed by atoms with E-state index in [0.717, 1.165) is 64.2 Å². The molecule has 9 nitrogen and oxygen atoms in total. The van der Waals surface area contributed by atoms with Crippen molar-refractivity contribution >= 4 is 11.9 Å². The van der Waals surface area contributed by atoms with E-state index in [1.807, 2.05) is 0 Å². The highest BCUT2D eigenvalue weighted by Gasteiger charge is 2.69. The maximum atomic E-state index is 13.0. The van der Waals surface area contributed by atoms with Crippen LogP contribution in [-0.4, -0.2) is 75.7 Å². The molecule has 1 aliphatic heterocycles. The van der Waals surface area contributed by atoms with Crippen molar-refractivity contribution in [2.24, 2.45) is 50.2 Å². The number of carbonyl (C=O) groups excluding carboxylic acids is 1. The number of amides is 1. The summed E-state index contributed by atoms with van der Waals surface area (Å²) in [6, 6.07) is -0.958. The summed E-state index contributed by atoms with van der Waals surface area (Å²) < 4.78 is 12.7. The molecule has 266 valence electrons. The van der Waals surface area contributed by atoms with Crippen molar-refractivity contribution in [3.8, 4) is 0 Å². The molecule has 9 heteroatoms. The molecule has 5 fully saturated rings. The third kappa shape index (κ3) is 5.10. The first-order chi connectivity index (χ1) is 21.8. The predicted molar refractivity (Wildman–Crippen MR) is 177 cm³/mol. The normalized spacial score (nSPS) is 50.1. The minimum Gasteiger partial charge on any atom is -0.481 e. The Balaban J connectivity index is 1.29. The number of carboxylic acids is 1. The van der Waals surface area contributed by atoms with E-state index in [4.69, 9.17) is 9.47 Å². The van der Waals surface area contributed by atoms with Gasteiger partial charge in [-0.1, -0.05) is 60.1 Å². The molecule has 5 N–H and O–H groups in total. The van der Waals surface area contributed by atoms with Crippen molar-refractivity contribution in [1.82, 2.24) is 5.32 Å². The number of rotatable bonds is 5. The highest BCUT2D eigenvalue weighted by atomic mass is 16.7. The van der Waals surface area contributed by atoms with Crippen LogP contribution in [0.4, 0.5) is 0 Å². The quantitative estimate of drug-likeness (QED) is 0.200. The van der Waals surface area contributed by atoms with Crippen molar-refractivity contribution in [3.63, 3.8) is 0 Å². The monoisotopic (exact) mass is 659 g/mol. The number of allylic oxidation sites excluding steroid dienone is 2. The molecule has 0 unspecified atom stereocenters. The molecule has 1 saturated heterocycles. The van der Waals surface area contributed by atoms with Gasteiger partial charge in [0, 0.05) is 6.92 Å². The van der Waals surface area contributed by atoms with Crippen LogP contribution in [0.3, 0.4) is 0 Å². The van der Waals surface area contributed by atoms with Crippen molar-refractivity contribution in [1.29, 1.82) is 0 Å². The largest absolute Gasteiger partial charge is 0.481 e. The summed E-state index contributed by atoms with van der Waals surface area (Å²) in [5, 5.41) is 44.7. The molecule has 6 aliphatic rings. The summed E-state index contributed by atoms with van der Waals surface area (Å²) in [6.07, 6.45) is 6.79. The molecule has 0 bridgehead atoms. The topological polar surface area (TPSA) is 146 Å². The van der Waals surface area contributed by atoms with Crippen molar-refractivity contribution in [2.45, 2.75) is 156 Å². The van der Waals surface area contributed by atoms with Gasteiger partial charge in [0.25, 0.3) is 0 Å². The van der Waals surface area contributed by atoms with Gasteiger partial charge in [0.05, 0.1) is 18.1 Å². The van der Waals surface area contributed by atoms with Gasteiger partial charge < -0.3 is 35.2 Å². The lowest BCUT2D eigenvalue weighted by Gasteiger charge is -2.71. The van der Waals surface area contributed by atoms with Crippen molar-refractivity contribution in [2.75, 3.05) is 6.61 Å². The van der Waals surface area contributed by atoms with E-state index < -0.39 is 48.6 Å². The zero-order valence-corrected chi connectivity index (χ0v) is 30.0. The van der Waals surface area contributed by atoms with Crippen LogP contribution >= 0.6 is 0 Å². The third-order valence-electron chi connectivity index (χ3n) is 15.6. The Morgan fingerprint density at radius 2 is 1.62 bits per heavy atom. The smallest absolute Gasteiger partial charge is 0.310 e. The highest BCUT2D eigenvalue weighted by Crippen LogP contribution is 2.76. The molecule has 4 saturated carbocycles. The molecule has 0 aromatic carbocycles. The molecule has 0 aromatic rings. The summed E-state index contributed by atoms with van der Waals surface area (Å²) in [4.78, 5) is 25.0. The van der Waals surface area contributed by atoms with E-state index in [-0.39, 0.29) is 45.0 Å². The fourth-order valence-electron chi connectivity index (χ4n) is 12.6. The number of aliphatic hydroxyl groups is 3. The summed E-state index contributed by atoms with van der Waals surface area (Å²) in [5.41, 5.74) is 0.733. The van der Waals surface area contributed by atoms with Gasteiger partial charge in [-0.2, -0.15) is 0 Å². The Hall–Kier alpha value is -1.52. The molecular formula is C38H61NO8.